The van der Waals surface area contributed by atoms with Crippen LogP contribution in [0.2, 0.25) is 0 Å². The zero-order chi connectivity index (χ0) is 15.1. The summed E-state index contributed by atoms with van der Waals surface area (Å²) < 4.78 is 10.3. The molecule has 0 unspecified atom stereocenters. The molecule has 1 aromatic carbocycles. The molecule has 0 atom stereocenters. The highest BCUT2D eigenvalue weighted by molar-refractivity contribution is 9.10. The van der Waals surface area contributed by atoms with Crippen molar-refractivity contribution in [2.45, 2.75) is 0 Å². The van der Waals surface area contributed by atoms with E-state index in [0.29, 0.717) is 10.0 Å². The molecule has 0 spiro atoms. The van der Waals surface area contributed by atoms with E-state index >= 15 is 0 Å². The first-order chi connectivity index (χ1) is 9.53. The van der Waals surface area contributed by atoms with Gasteiger partial charge in [0.25, 0.3) is 0 Å². The number of hydrogen-bond donors (Lipinski definition) is 1. The number of halogens is 1. The third kappa shape index (κ3) is 3.87. The van der Waals surface area contributed by atoms with Gasteiger partial charge in [-0.2, -0.15) is 5.26 Å². The first-order valence-electron chi connectivity index (χ1n) is 5.49. The van der Waals surface area contributed by atoms with Crippen LogP contribution >= 0.6 is 15.9 Å². The number of carbonyl (C=O) groups is 1. The van der Waals surface area contributed by atoms with Crippen molar-refractivity contribution in [3.05, 3.63) is 40.4 Å². The average Bonchev–Trinajstić information content (AvgIpc) is 2.44. The van der Waals surface area contributed by atoms with Gasteiger partial charge >= 0.3 is 5.97 Å². The Kier molecular flexibility index (Phi) is 5.81. The first-order valence-corrected chi connectivity index (χ1v) is 6.29. The molecule has 0 aromatic heterocycles. The predicted molar refractivity (Wildman–Crippen MR) is 77.1 cm³/mol. The van der Waals surface area contributed by atoms with Gasteiger partial charge in [-0.3, -0.25) is 0 Å². The molecule has 0 amide bonds. The van der Waals surface area contributed by atoms with Crippen LogP contribution in [0.3, 0.4) is 0 Å². The highest BCUT2D eigenvalue weighted by Crippen LogP contribution is 2.33. The SMILES string of the molecule is C=CCOC(=O)C(C#N)=Cc1cc(OC)c(O)cc1Br. The molecule has 5 nitrogen and oxygen atoms in total. The van der Waals surface area contributed by atoms with E-state index in [0.717, 1.165) is 0 Å². The number of phenolic OH excluding ortho intramolecular Hbond substituents is 1. The number of nitrogens with zero attached hydrogens (tertiary/aromatic N) is 1. The van der Waals surface area contributed by atoms with E-state index in [1.165, 1.54) is 31.4 Å². The second-order valence-electron chi connectivity index (χ2n) is 3.60. The Bertz CT molecular complexity index is 602. The van der Waals surface area contributed by atoms with Gasteiger partial charge in [-0.15, -0.1) is 0 Å². The number of rotatable bonds is 5. The Morgan fingerprint density at radius 1 is 1.60 bits per heavy atom. The predicted octanol–water partition coefficient (Wildman–Crippen LogP) is 2.80. The Hall–Kier alpha value is -2.26. The van der Waals surface area contributed by atoms with Crippen molar-refractivity contribution in [3.63, 3.8) is 0 Å². The minimum absolute atomic E-state index is 0.0257. The molecule has 1 aromatic rings. The molecular formula is C14H12BrNO4. The number of aromatic hydroxyl groups is 1. The topological polar surface area (TPSA) is 79.6 Å². The lowest BCUT2D eigenvalue weighted by molar-refractivity contribution is -0.137. The average molecular weight is 338 g/mol. The Labute approximate surface area is 124 Å². The van der Waals surface area contributed by atoms with Gasteiger partial charge in [0.05, 0.1) is 7.11 Å². The lowest BCUT2D eigenvalue weighted by atomic mass is 10.1. The first kappa shape index (κ1) is 15.8. The van der Waals surface area contributed by atoms with Gasteiger partial charge in [0.1, 0.15) is 18.2 Å². The van der Waals surface area contributed by atoms with E-state index in [2.05, 4.69) is 22.5 Å². The zero-order valence-electron chi connectivity index (χ0n) is 10.7. The van der Waals surface area contributed by atoms with Crippen molar-refractivity contribution in [1.82, 2.24) is 0 Å². The van der Waals surface area contributed by atoms with Crippen molar-refractivity contribution in [3.8, 4) is 17.6 Å². The van der Waals surface area contributed by atoms with Gasteiger partial charge in [-0.1, -0.05) is 28.6 Å². The van der Waals surface area contributed by atoms with Crippen LogP contribution in [0, 0.1) is 11.3 Å². The highest BCUT2D eigenvalue weighted by Gasteiger charge is 2.13. The number of phenols is 1. The Morgan fingerprint density at radius 3 is 2.85 bits per heavy atom. The fourth-order valence-corrected chi connectivity index (χ4v) is 1.78. The summed E-state index contributed by atoms with van der Waals surface area (Å²) >= 11 is 3.23. The van der Waals surface area contributed by atoms with Crippen molar-refractivity contribution in [2.24, 2.45) is 0 Å². The smallest absolute Gasteiger partial charge is 0.349 e. The molecule has 0 heterocycles. The summed E-state index contributed by atoms with van der Waals surface area (Å²) in [7, 11) is 1.40. The molecule has 0 aliphatic rings. The number of methoxy groups -OCH3 is 1. The molecule has 0 bridgehead atoms. The van der Waals surface area contributed by atoms with Gasteiger partial charge in [-0.25, -0.2) is 4.79 Å². The maximum absolute atomic E-state index is 11.6. The number of benzene rings is 1. The largest absolute Gasteiger partial charge is 0.504 e. The summed E-state index contributed by atoms with van der Waals surface area (Å²) in [6, 6.07) is 4.68. The minimum atomic E-state index is -0.744. The molecule has 1 rings (SSSR count). The molecule has 1 N–H and O–H groups in total. The van der Waals surface area contributed by atoms with Crippen LogP contribution in [-0.4, -0.2) is 24.8 Å². The van der Waals surface area contributed by atoms with Gasteiger partial charge in [0.2, 0.25) is 0 Å². The summed E-state index contributed by atoms with van der Waals surface area (Å²) in [4.78, 5) is 11.6. The second kappa shape index (κ2) is 7.36. The van der Waals surface area contributed by atoms with Gasteiger partial charge < -0.3 is 14.6 Å². The summed E-state index contributed by atoms with van der Waals surface area (Å²) in [5.41, 5.74) is 0.340. The van der Waals surface area contributed by atoms with Crippen LogP contribution in [-0.2, 0) is 9.53 Å². The minimum Gasteiger partial charge on any atom is -0.504 e. The van der Waals surface area contributed by atoms with Gasteiger partial charge in [-0.05, 0) is 23.8 Å². The Morgan fingerprint density at radius 2 is 2.30 bits per heavy atom. The van der Waals surface area contributed by atoms with Gasteiger partial charge in [0.15, 0.2) is 11.5 Å². The van der Waals surface area contributed by atoms with Crippen molar-refractivity contribution in [2.75, 3.05) is 13.7 Å². The summed E-state index contributed by atoms with van der Waals surface area (Å²) in [5.74, 6) is -0.563. The van der Waals surface area contributed by atoms with E-state index in [9.17, 15) is 9.90 Å². The molecule has 0 saturated carbocycles. The maximum Gasteiger partial charge on any atom is 0.349 e. The van der Waals surface area contributed by atoms with Crippen LogP contribution in [0.4, 0.5) is 0 Å². The van der Waals surface area contributed by atoms with E-state index in [1.807, 2.05) is 0 Å². The lowest BCUT2D eigenvalue weighted by Crippen LogP contribution is -2.06. The van der Waals surface area contributed by atoms with E-state index in [4.69, 9.17) is 14.7 Å². The summed E-state index contributed by atoms with van der Waals surface area (Å²) in [6.45, 7) is 3.44. The van der Waals surface area contributed by atoms with Crippen LogP contribution in [0.25, 0.3) is 6.08 Å². The van der Waals surface area contributed by atoms with Crippen molar-refractivity contribution >= 4 is 28.0 Å². The zero-order valence-corrected chi connectivity index (χ0v) is 12.3. The summed E-state index contributed by atoms with van der Waals surface area (Å²) in [5, 5.41) is 18.6. The Balaban J connectivity index is 3.16. The van der Waals surface area contributed by atoms with Crippen molar-refractivity contribution in [1.29, 1.82) is 5.26 Å². The lowest BCUT2D eigenvalue weighted by Gasteiger charge is -2.07. The highest BCUT2D eigenvalue weighted by atomic mass is 79.9. The van der Waals surface area contributed by atoms with Crippen LogP contribution in [0.1, 0.15) is 5.56 Å². The molecule has 0 saturated heterocycles. The molecule has 0 aliphatic heterocycles. The monoisotopic (exact) mass is 337 g/mol. The van der Waals surface area contributed by atoms with Crippen molar-refractivity contribution < 1.29 is 19.4 Å². The number of carbonyl (C=O) groups excluding carboxylic acids is 1. The van der Waals surface area contributed by atoms with E-state index < -0.39 is 5.97 Å². The third-order valence-electron chi connectivity index (χ3n) is 2.27. The number of ether oxygens (including phenoxy) is 2. The normalized spacial score (nSPS) is 10.6. The molecule has 104 valence electrons. The summed E-state index contributed by atoms with van der Waals surface area (Å²) in [6.07, 6.45) is 2.75. The van der Waals surface area contributed by atoms with Crippen LogP contribution in [0.5, 0.6) is 11.5 Å². The molecule has 0 fully saturated rings. The van der Waals surface area contributed by atoms with E-state index in [-0.39, 0.29) is 23.7 Å². The standard InChI is InChI=1S/C14H12BrNO4/c1-3-4-20-14(18)10(8-16)5-9-6-13(19-2)12(17)7-11(9)15/h3,5-7,17H,1,4H2,2H3. The molecule has 20 heavy (non-hydrogen) atoms. The fraction of sp³-hybridized carbons (Fsp3) is 0.143. The molecule has 0 aliphatic carbocycles. The molecule has 0 radical (unpaired) electrons. The molecule has 6 heteroatoms. The van der Waals surface area contributed by atoms with Crippen LogP contribution < -0.4 is 4.74 Å². The van der Waals surface area contributed by atoms with Gasteiger partial charge in [0, 0.05) is 4.47 Å². The quantitative estimate of drug-likeness (QED) is 0.386. The molecular weight excluding hydrogens is 326 g/mol. The number of esters is 1. The second-order valence-corrected chi connectivity index (χ2v) is 4.46. The fourth-order valence-electron chi connectivity index (χ4n) is 1.34. The number of nitriles is 1. The maximum atomic E-state index is 11.6. The van der Waals surface area contributed by atoms with E-state index in [1.54, 1.807) is 6.07 Å². The van der Waals surface area contributed by atoms with Crippen LogP contribution in [0.15, 0.2) is 34.8 Å². The third-order valence-corrected chi connectivity index (χ3v) is 2.96. The number of hydrogen-bond acceptors (Lipinski definition) is 5.